The quantitative estimate of drug-likeness (QED) is 0.684. The van der Waals surface area contributed by atoms with Crippen LogP contribution in [0.4, 0.5) is 0 Å². The third-order valence-corrected chi connectivity index (χ3v) is 3.08. The van der Waals surface area contributed by atoms with Gasteiger partial charge in [-0.05, 0) is 32.7 Å². The van der Waals surface area contributed by atoms with Gasteiger partial charge in [-0.2, -0.15) is 0 Å². The van der Waals surface area contributed by atoms with E-state index in [1.165, 1.54) is 12.8 Å². The van der Waals surface area contributed by atoms with Crippen LogP contribution in [0.1, 0.15) is 25.7 Å². The predicted octanol–water partition coefficient (Wildman–Crippen LogP) is 0.376. The van der Waals surface area contributed by atoms with Crippen LogP contribution < -0.4 is 5.32 Å². The molecule has 1 heterocycles. The van der Waals surface area contributed by atoms with Gasteiger partial charge in [0.2, 0.25) is 0 Å². The molecule has 1 aliphatic heterocycles. The van der Waals surface area contributed by atoms with E-state index in [0.717, 1.165) is 25.9 Å². The van der Waals surface area contributed by atoms with Crippen LogP contribution in [0.2, 0.25) is 0 Å². The summed E-state index contributed by atoms with van der Waals surface area (Å²) in [4.78, 5) is 13.7. The highest BCUT2D eigenvalue weighted by Crippen LogP contribution is 2.18. The Labute approximate surface area is 91.0 Å². The topological polar surface area (TPSA) is 41.6 Å². The zero-order valence-electron chi connectivity index (χ0n) is 9.37. The van der Waals surface area contributed by atoms with Gasteiger partial charge in [0, 0.05) is 19.1 Å². The summed E-state index contributed by atoms with van der Waals surface area (Å²) in [6.07, 6.45) is 4.52. The molecule has 2 fully saturated rings. The fraction of sp³-hybridized carbons (Fsp3) is 0.909. The van der Waals surface area contributed by atoms with Crippen molar-refractivity contribution in [2.45, 2.75) is 37.8 Å². The molecule has 0 amide bonds. The molecular weight excluding hydrogens is 192 g/mol. The first-order valence-corrected chi connectivity index (χ1v) is 5.85. The van der Waals surface area contributed by atoms with Crippen LogP contribution in [-0.2, 0) is 9.53 Å². The van der Waals surface area contributed by atoms with Gasteiger partial charge in [0.15, 0.2) is 0 Å². The Balaban J connectivity index is 1.60. The molecule has 0 aromatic heterocycles. The number of esters is 1. The first-order valence-electron chi connectivity index (χ1n) is 5.85. The van der Waals surface area contributed by atoms with Gasteiger partial charge in [-0.1, -0.05) is 0 Å². The summed E-state index contributed by atoms with van der Waals surface area (Å²) in [5.41, 5.74) is 0. The first kappa shape index (κ1) is 10.9. The monoisotopic (exact) mass is 212 g/mol. The largest absolute Gasteiger partial charge is 0.461 e. The van der Waals surface area contributed by atoms with Crippen LogP contribution in [0.3, 0.4) is 0 Å². The van der Waals surface area contributed by atoms with Gasteiger partial charge >= 0.3 is 5.97 Å². The van der Waals surface area contributed by atoms with Crippen molar-refractivity contribution in [1.29, 1.82) is 0 Å². The Hall–Kier alpha value is -0.610. The molecule has 1 saturated carbocycles. The molecule has 15 heavy (non-hydrogen) atoms. The van der Waals surface area contributed by atoms with E-state index in [1.54, 1.807) is 0 Å². The van der Waals surface area contributed by atoms with Gasteiger partial charge in [0.1, 0.15) is 6.10 Å². The van der Waals surface area contributed by atoms with Crippen molar-refractivity contribution >= 4 is 5.97 Å². The first-order chi connectivity index (χ1) is 7.24. The zero-order valence-corrected chi connectivity index (χ0v) is 9.37. The maximum atomic E-state index is 11.4. The average molecular weight is 212 g/mol. The molecule has 1 N–H and O–H groups in total. The Kier molecular flexibility index (Phi) is 3.59. The maximum absolute atomic E-state index is 11.4. The fourth-order valence-electron chi connectivity index (χ4n) is 1.85. The number of likely N-dealkylation sites (tertiary alicyclic amines) is 1. The molecule has 2 aliphatic rings. The molecule has 0 aromatic carbocycles. The van der Waals surface area contributed by atoms with Crippen molar-refractivity contribution in [3.63, 3.8) is 0 Å². The third-order valence-electron chi connectivity index (χ3n) is 3.08. The SMILES string of the molecule is CN1CCC(OC(=O)CNC2CC2)CC1. The zero-order chi connectivity index (χ0) is 10.7. The van der Waals surface area contributed by atoms with E-state index in [0.29, 0.717) is 12.6 Å². The molecule has 0 spiro atoms. The van der Waals surface area contributed by atoms with Crippen molar-refractivity contribution in [2.75, 3.05) is 26.7 Å². The lowest BCUT2D eigenvalue weighted by atomic mass is 10.1. The molecule has 2 rings (SSSR count). The third kappa shape index (κ3) is 3.80. The van der Waals surface area contributed by atoms with Crippen molar-refractivity contribution in [2.24, 2.45) is 0 Å². The van der Waals surface area contributed by atoms with Gasteiger partial charge in [-0.25, -0.2) is 0 Å². The van der Waals surface area contributed by atoms with Crippen molar-refractivity contribution in [3.8, 4) is 0 Å². The number of nitrogens with zero attached hydrogens (tertiary/aromatic N) is 1. The normalized spacial score (nSPS) is 24.1. The van der Waals surface area contributed by atoms with E-state index < -0.39 is 0 Å². The fourth-order valence-corrected chi connectivity index (χ4v) is 1.85. The van der Waals surface area contributed by atoms with Crippen LogP contribution in [0.5, 0.6) is 0 Å². The molecule has 0 aromatic rings. The van der Waals surface area contributed by atoms with Crippen LogP contribution in [-0.4, -0.2) is 49.7 Å². The van der Waals surface area contributed by atoms with Crippen molar-refractivity contribution in [1.82, 2.24) is 10.2 Å². The molecule has 0 unspecified atom stereocenters. The van der Waals surface area contributed by atoms with Gasteiger partial charge in [0.25, 0.3) is 0 Å². The summed E-state index contributed by atoms with van der Waals surface area (Å²) in [5, 5.41) is 3.17. The van der Waals surface area contributed by atoms with Crippen LogP contribution >= 0.6 is 0 Å². The van der Waals surface area contributed by atoms with E-state index in [9.17, 15) is 4.79 Å². The maximum Gasteiger partial charge on any atom is 0.320 e. The molecule has 4 heteroatoms. The highest BCUT2D eigenvalue weighted by atomic mass is 16.5. The average Bonchev–Trinajstić information content (AvgIpc) is 3.02. The number of carbonyl (C=O) groups excluding carboxylic acids is 1. The van der Waals surface area contributed by atoms with Crippen molar-refractivity contribution < 1.29 is 9.53 Å². The predicted molar refractivity (Wildman–Crippen MR) is 57.6 cm³/mol. The van der Waals surface area contributed by atoms with Crippen LogP contribution in [0.15, 0.2) is 0 Å². The standard InChI is InChI=1S/C11H20N2O2/c1-13-6-4-10(5-7-13)15-11(14)8-12-9-2-3-9/h9-10,12H,2-8H2,1H3. The number of nitrogens with one attached hydrogen (secondary N) is 1. The Morgan fingerprint density at radius 2 is 2.00 bits per heavy atom. The number of hydrogen-bond acceptors (Lipinski definition) is 4. The smallest absolute Gasteiger partial charge is 0.320 e. The number of carbonyl (C=O) groups is 1. The Morgan fingerprint density at radius 1 is 1.33 bits per heavy atom. The van der Waals surface area contributed by atoms with E-state index >= 15 is 0 Å². The summed E-state index contributed by atoms with van der Waals surface area (Å²) >= 11 is 0. The lowest BCUT2D eigenvalue weighted by Gasteiger charge is -2.28. The van der Waals surface area contributed by atoms with Gasteiger partial charge in [0.05, 0.1) is 6.54 Å². The molecule has 86 valence electrons. The van der Waals surface area contributed by atoms with E-state index in [2.05, 4.69) is 17.3 Å². The Bertz CT molecular complexity index is 221. The molecule has 0 atom stereocenters. The molecule has 1 aliphatic carbocycles. The summed E-state index contributed by atoms with van der Waals surface area (Å²) in [7, 11) is 2.10. The molecule has 4 nitrogen and oxygen atoms in total. The van der Waals surface area contributed by atoms with Gasteiger partial charge in [-0.15, -0.1) is 0 Å². The molecule has 0 radical (unpaired) electrons. The minimum Gasteiger partial charge on any atom is -0.461 e. The van der Waals surface area contributed by atoms with E-state index in [4.69, 9.17) is 4.74 Å². The highest BCUT2D eigenvalue weighted by Gasteiger charge is 2.23. The Morgan fingerprint density at radius 3 is 2.60 bits per heavy atom. The summed E-state index contributed by atoms with van der Waals surface area (Å²) in [6.45, 7) is 2.46. The number of ether oxygens (including phenoxy) is 1. The van der Waals surface area contributed by atoms with E-state index in [1.807, 2.05) is 0 Å². The van der Waals surface area contributed by atoms with Gasteiger partial charge < -0.3 is 15.0 Å². The lowest BCUT2D eigenvalue weighted by Crippen LogP contribution is -2.37. The minimum absolute atomic E-state index is 0.0866. The second-order valence-corrected chi connectivity index (χ2v) is 4.65. The van der Waals surface area contributed by atoms with Crippen molar-refractivity contribution in [3.05, 3.63) is 0 Å². The van der Waals surface area contributed by atoms with Crippen LogP contribution in [0, 0.1) is 0 Å². The highest BCUT2D eigenvalue weighted by molar-refractivity contribution is 5.71. The van der Waals surface area contributed by atoms with Gasteiger partial charge in [-0.3, -0.25) is 4.79 Å². The minimum atomic E-state index is -0.0866. The second kappa shape index (κ2) is 4.94. The summed E-state index contributed by atoms with van der Waals surface area (Å²) < 4.78 is 5.39. The number of piperidine rings is 1. The van der Waals surface area contributed by atoms with Crippen LogP contribution in [0.25, 0.3) is 0 Å². The molecule has 1 saturated heterocycles. The molecule has 0 bridgehead atoms. The number of rotatable bonds is 4. The number of hydrogen-bond donors (Lipinski definition) is 1. The summed E-state index contributed by atoms with van der Waals surface area (Å²) in [5.74, 6) is -0.0866. The second-order valence-electron chi connectivity index (χ2n) is 4.65. The molecular formula is C11H20N2O2. The van der Waals surface area contributed by atoms with E-state index in [-0.39, 0.29) is 12.1 Å². The lowest BCUT2D eigenvalue weighted by molar-refractivity contribution is -0.149. The summed E-state index contributed by atoms with van der Waals surface area (Å²) in [6, 6.07) is 0.579.